The van der Waals surface area contributed by atoms with Gasteiger partial charge in [-0.2, -0.15) is 5.10 Å². The summed E-state index contributed by atoms with van der Waals surface area (Å²) in [7, 11) is 0. The topological polar surface area (TPSA) is 163 Å². The number of aromatic nitrogens is 2. The molecule has 5 rings (SSSR count). The van der Waals surface area contributed by atoms with E-state index >= 15 is 0 Å². The molecular weight excluding hydrogens is 626 g/mol. The number of halogens is 1. The Labute approximate surface area is 275 Å². The number of ether oxygens (including phenoxy) is 1. The van der Waals surface area contributed by atoms with Crippen molar-refractivity contribution in [1.29, 1.82) is 0 Å². The highest BCUT2D eigenvalue weighted by Crippen LogP contribution is 2.36. The number of amides is 3. The standard InChI is InChI=1S/C34H34ClN5O7/c1-21-27(35)11-4-13-29(21)47-16-6-14-30(41)40-15-5-10-26-25(9-3-12-28(26)40)23-18-36-39(20-23)19-22-7-2-8-24(17-22)37-34(46)38-31(32(42)43)33(44)45/h2-4,7-9,11-13,17-18,20,31H,5-6,10,14-16,19H2,1H3,(H,42,43)(H,44,45)(H2,37,38,46). The van der Waals surface area contributed by atoms with Gasteiger partial charge in [-0.15, -0.1) is 0 Å². The van der Waals surface area contributed by atoms with E-state index in [1.165, 1.54) is 0 Å². The molecule has 3 aromatic carbocycles. The minimum atomic E-state index is -2.07. The number of fused-ring (bicyclic) bond motifs is 1. The highest BCUT2D eigenvalue weighted by atomic mass is 35.5. The molecule has 13 heteroatoms. The van der Waals surface area contributed by atoms with Crippen LogP contribution in [0.15, 0.2) is 73.1 Å². The van der Waals surface area contributed by atoms with Crippen molar-refractivity contribution in [3.05, 3.63) is 94.8 Å². The number of carbonyl (C=O) groups excluding carboxylic acids is 2. The van der Waals surface area contributed by atoms with Crippen LogP contribution in [-0.4, -0.2) is 63.1 Å². The van der Waals surface area contributed by atoms with Gasteiger partial charge in [0.1, 0.15) is 5.75 Å². The number of nitrogens with zero attached hydrogens (tertiary/aromatic N) is 3. The maximum Gasteiger partial charge on any atom is 0.338 e. The summed E-state index contributed by atoms with van der Waals surface area (Å²) in [6.07, 6.45) is 6.31. The van der Waals surface area contributed by atoms with Crippen molar-refractivity contribution in [3.63, 3.8) is 0 Å². The average molecular weight is 660 g/mol. The molecule has 0 fully saturated rings. The Kier molecular flexibility index (Phi) is 10.4. The fraction of sp³-hybridized carbons (Fsp3) is 0.265. The molecule has 47 heavy (non-hydrogen) atoms. The Morgan fingerprint density at radius 3 is 2.60 bits per heavy atom. The summed E-state index contributed by atoms with van der Waals surface area (Å²) in [5.74, 6) is -2.59. The number of carboxylic acid groups (broad SMARTS) is 2. The van der Waals surface area contributed by atoms with Gasteiger partial charge in [0.25, 0.3) is 0 Å². The van der Waals surface area contributed by atoms with E-state index < -0.39 is 24.0 Å². The average Bonchev–Trinajstić information content (AvgIpc) is 3.51. The number of aliphatic carboxylic acids is 2. The number of urea groups is 1. The Balaban J connectivity index is 1.22. The molecule has 244 valence electrons. The molecule has 0 radical (unpaired) electrons. The van der Waals surface area contributed by atoms with Crippen molar-refractivity contribution in [2.75, 3.05) is 23.4 Å². The summed E-state index contributed by atoms with van der Waals surface area (Å²) in [5.41, 5.74) is 5.94. The number of anilines is 2. The highest BCUT2D eigenvalue weighted by molar-refractivity contribution is 6.31. The first-order valence-corrected chi connectivity index (χ1v) is 15.4. The molecule has 4 aromatic rings. The van der Waals surface area contributed by atoms with Crippen molar-refractivity contribution < 1.29 is 34.1 Å². The molecule has 4 N–H and O–H groups in total. The van der Waals surface area contributed by atoms with Crippen LogP contribution in [0.2, 0.25) is 5.02 Å². The third kappa shape index (κ3) is 8.08. The lowest BCUT2D eigenvalue weighted by atomic mass is 9.93. The minimum absolute atomic E-state index is 0.0498. The predicted octanol–water partition coefficient (Wildman–Crippen LogP) is 5.36. The van der Waals surface area contributed by atoms with Crippen LogP contribution in [0, 0.1) is 6.92 Å². The van der Waals surface area contributed by atoms with E-state index in [1.807, 2.05) is 65.8 Å². The molecule has 1 aliphatic rings. The van der Waals surface area contributed by atoms with Gasteiger partial charge in [0.2, 0.25) is 11.9 Å². The molecule has 3 amide bonds. The molecule has 0 bridgehead atoms. The van der Waals surface area contributed by atoms with Crippen LogP contribution < -0.4 is 20.3 Å². The molecule has 0 saturated heterocycles. The zero-order valence-electron chi connectivity index (χ0n) is 25.6. The fourth-order valence-electron chi connectivity index (χ4n) is 5.49. The van der Waals surface area contributed by atoms with E-state index in [0.717, 1.165) is 52.1 Å². The third-order valence-electron chi connectivity index (χ3n) is 7.81. The Hall–Kier alpha value is -5.36. The van der Waals surface area contributed by atoms with Gasteiger partial charge in [-0.25, -0.2) is 14.4 Å². The second kappa shape index (κ2) is 14.8. The van der Waals surface area contributed by atoms with Gasteiger partial charge in [0.15, 0.2) is 0 Å². The van der Waals surface area contributed by atoms with E-state index in [1.54, 1.807) is 29.1 Å². The zero-order chi connectivity index (χ0) is 33.5. The summed E-state index contributed by atoms with van der Waals surface area (Å²) >= 11 is 6.18. The third-order valence-corrected chi connectivity index (χ3v) is 8.21. The SMILES string of the molecule is Cc1c(Cl)cccc1OCCCC(=O)N1CCCc2c(-c3cnn(Cc4cccc(NC(=O)NC(C(=O)O)C(=O)O)c4)c3)cccc21. The van der Waals surface area contributed by atoms with Crippen LogP contribution >= 0.6 is 11.6 Å². The first kappa shape index (κ1) is 33.0. The zero-order valence-corrected chi connectivity index (χ0v) is 26.4. The summed E-state index contributed by atoms with van der Waals surface area (Å²) in [5, 5.41) is 27.5. The molecule has 1 aromatic heterocycles. The van der Waals surface area contributed by atoms with Crippen LogP contribution in [0.4, 0.5) is 16.2 Å². The number of rotatable bonds is 12. The van der Waals surface area contributed by atoms with E-state index in [4.69, 9.17) is 26.6 Å². The van der Waals surface area contributed by atoms with Gasteiger partial charge in [0, 0.05) is 46.7 Å². The van der Waals surface area contributed by atoms with Crippen molar-refractivity contribution in [2.24, 2.45) is 0 Å². The summed E-state index contributed by atoms with van der Waals surface area (Å²) in [6, 6.07) is 15.3. The van der Waals surface area contributed by atoms with Crippen LogP contribution in [0.5, 0.6) is 5.75 Å². The van der Waals surface area contributed by atoms with Crippen LogP contribution in [-0.2, 0) is 27.3 Å². The van der Waals surface area contributed by atoms with Gasteiger partial charge in [-0.3, -0.25) is 9.48 Å². The molecule has 12 nitrogen and oxygen atoms in total. The second-order valence-electron chi connectivity index (χ2n) is 11.1. The van der Waals surface area contributed by atoms with Gasteiger partial charge in [-0.05, 0) is 73.2 Å². The Morgan fingerprint density at radius 1 is 1.04 bits per heavy atom. The van der Waals surface area contributed by atoms with E-state index in [9.17, 15) is 19.2 Å². The Bertz CT molecular complexity index is 1790. The lowest BCUT2D eigenvalue weighted by molar-refractivity contribution is -0.150. The van der Waals surface area contributed by atoms with Gasteiger partial charge >= 0.3 is 18.0 Å². The number of nitrogens with one attached hydrogen (secondary N) is 2. The smallest absolute Gasteiger partial charge is 0.338 e. The number of hydrogen-bond donors (Lipinski definition) is 4. The second-order valence-corrected chi connectivity index (χ2v) is 11.5. The van der Waals surface area contributed by atoms with E-state index in [2.05, 4.69) is 10.4 Å². The summed E-state index contributed by atoms with van der Waals surface area (Å²) in [4.78, 5) is 49.5. The minimum Gasteiger partial charge on any atom is -0.493 e. The molecule has 1 aliphatic heterocycles. The first-order valence-electron chi connectivity index (χ1n) is 15.1. The van der Waals surface area contributed by atoms with Crippen LogP contribution in [0.1, 0.15) is 36.0 Å². The highest BCUT2D eigenvalue weighted by Gasteiger charge is 2.28. The summed E-state index contributed by atoms with van der Waals surface area (Å²) < 4.78 is 7.63. The number of benzene rings is 3. The van der Waals surface area contributed by atoms with Gasteiger partial charge < -0.3 is 30.5 Å². The maximum atomic E-state index is 13.3. The van der Waals surface area contributed by atoms with Gasteiger partial charge in [-0.1, -0.05) is 41.9 Å². The summed E-state index contributed by atoms with van der Waals surface area (Å²) in [6.45, 7) is 3.34. The fourth-order valence-corrected chi connectivity index (χ4v) is 5.66. The molecule has 2 heterocycles. The molecule has 0 spiro atoms. The van der Waals surface area contributed by atoms with E-state index in [0.29, 0.717) is 43.2 Å². The molecule has 0 aliphatic carbocycles. The predicted molar refractivity (Wildman–Crippen MR) is 176 cm³/mol. The molecular formula is C34H34ClN5O7. The number of carbonyl (C=O) groups is 4. The molecule has 0 unspecified atom stereocenters. The molecule has 0 saturated carbocycles. The maximum absolute atomic E-state index is 13.3. The van der Waals surface area contributed by atoms with Crippen LogP contribution in [0.3, 0.4) is 0 Å². The van der Waals surface area contributed by atoms with Crippen molar-refractivity contribution in [2.45, 2.75) is 45.2 Å². The normalized spacial score (nSPS) is 12.4. The monoisotopic (exact) mass is 659 g/mol. The lowest BCUT2D eigenvalue weighted by Gasteiger charge is -2.31. The first-order chi connectivity index (χ1) is 22.6. The van der Waals surface area contributed by atoms with E-state index in [-0.39, 0.29) is 5.91 Å². The van der Waals surface area contributed by atoms with Crippen molar-refractivity contribution in [1.82, 2.24) is 15.1 Å². The number of carboxylic acids is 2. The molecule has 0 atom stereocenters. The quantitative estimate of drug-likeness (QED) is 0.117. The van der Waals surface area contributed by atoms with Gasteiger partial charge in [0.05, 0.1) is 19.3 Å². The Morgan fingerprint density at radius 2 is 1.81 bits per heavy atom. The lowest BCUT2D eigenvalue weighted by Crippen LogP contribution is -2.48. The van der Waals surface area contributed by atoms with Crippen molar-refractivity contribution in [3.8, 4) is 16.9 Å². The van der Waals surface area contributed by atoms with Crippen LogP contribution in [0.25, 0.3) is 11.1 Å². The number of hydrogen-bond acceptors (Lipinski definition) is 6. The van der Waals surface area contributed by atoms with Crippen molar-refractivity contribution >= 4 is 46.9 Å². The largest absolute Gasteiger partial charge is 0.493 e.